The maximum Gasteiger partial charge on any atom is 0.239 e. The van der Waals surface area contributed by atoms with Crippen LogP contribution >= 0.6 is 0 Å². The first-order valence-corrected chi connectivity index (χ1v) is 8.97. The van der Waals surface area contributed by atoms with Gasteiger partial charge in [0.1, 0.15) is 11.8 Å². The molecule has 0 aliphatic carbocycles. The predicted octanol–water partition coefficient (Wildman–Crippen LogP) is -0.228. The molecule has 0 bridgehead atoms. The van der Waals surface area contributed by atoms with Crippen molar-refractivity contribution in [3.8, 4) is 6.07 Å². The third-order valence-electron chi connectivity index (χ3n) is 3.85. The highest BCUT2D eigenvalue weighted by atomic mass is 32.2. The molecule has 0 aromatic heterocycles. The highest BCUT2D eigenvalue weighted by Crippen LogP contribution is 2.14. The molecule has 2 rings (SSSR count). The Bertz CT molecular complexity index is 684. The van der Waals surface area contributed by atoms with Crippen LogP contribution in [0.1, 0.15) is 5.56 Å². The van der Waals surface area contributed by atoms with Crippen molar-refractivity contribution in [3.05, 3.63) is 35.9 Å². The second-order valence-corrected chi connectivity index (χ2v) is 7.33. The number of nitrogens with one attached hydrogen (secondary N) is 1. The SMILES string of the molecule is CNS(=O)(=O)CC(=O)N1CCN(Cc2ccccc2)C(C#N)C1. The van der Waals surface area contributed by atoms with Crippen molar-refractivity contribution < 1.29 is 13.2 Å². The van der Waals surface area contributed by atoms with E-state index in [4.69, 9.17) is 0 Å². The minimum atomic E-state index is -3.59. The number of rotatable bonds is 5. The molecule has 23 heavy (non-hydrogen) atoms. The summed E-state index contributed by atoms with van der Waals surface area (Å²) in [5, 5.41) is 9.36. The fourth-order valence-electron chi connectivity index (χ4n) is 2.50. The van der Waals surface area contributed by atoms with Gasteiger partial charge in [0.15, 0.2) is 0 Å². The number of hydrogen-bond donors (Lipinski definition) is 1. The van der Waals surface area contributed by atoms with Crippen molar-refractivity contribution in [3.63, 3.8) is 0 Å². The molecule has 1 aromatic carbocycles. The number of nitrogens with zero attached hydrogens (tertiary/aromatic N) is 3. The third-order valence-corrected chi connectivity index (χ3v) is 5.09. The first-order chi connectivity index (χ1) is 10.9. The van der Waals surface area contributed by atoms with Crippen molar-refractivity contribution >= 4 is 15.9 Å². The third kappa shape index (κ3) is 4.76. The van der Waals surface area contributed by atoms with E-state index in [0.717, 1.165) is 5.56 Å². The Morgan fingerprint density at radius 3 is 2.65 bits per heavy atom. The Morgan fingerprint density at radius 2 is 2.04 bits per heavy atom. The summed E-state index contributed by atoms with van der Waals surface area (Å²) in [6.07, 6.45) is 0. The smallest absolute Gasteiger partial charge is 0.239 e. The van der Waals surface area contributed by atoms with Crippen LogP contribution in [0.4, 0.5) is 0 Å². The fourth-order valence-corrected chi connectivity index (χ4v) is 3.15. The van der Waals surface area contributed by atoms with Gasteiger partial charge in [-0.1, -0.05) is 30.3 Å². The van der Waals surface area contributed by atoms with E-state index in [2.05, 4.69) is 10.8 Å². The fraction of sp³-hybridized carbons (Fsp3) is 0.467. The molecule has 1 unspecified atom stereocenters. The highest BCUT2D eigenvalue weighted by molar-refractivity contribution is 7.90. The summed E-state index contributed by atoms with van der Waals surface area (Å²) in [6.45, 7) is 1.82. The zero-order valence-electron chi connectivity index (χ0n) is 13.0. The molecule has 1 atom stereocenters. The molecule has 1 aliphatic rings. The maximum atomic E-state index is 12.1. The van der Waals surface area contributed by atoms with E-state index in [1.165, 1.54) is 11.9 Å². The monoisotopic (exact) mass is 336 g/mol. The Hall–Kier alpha value is -1.95. The maximum absolute atomic E-state index is 12.1. The van der Waals surface area contributed by atoms with Crippen LogP contribution in [0.2, 0.25) is 0 Å². The van der Waals surface area contributed by atoms with E-state index >= 15 is 0 Å². The van der Waals surface area contributed by atoms with Gasteiger partial charge in [-0.05, 0) is 12.6 Å². The lowest BCUT2D eigenvalue weighted by atomic mass is 10.1. The standard InChI is InChI=1S/C15H20N4O3S/c1-17-23(21,22)12-15(20)19-8-7-18(14(9-16)11-19)10-13-5-3-2-4-6-13/h2-6,14,17H,7-8,10-12H2,1H3. The van der Waals surface area contributed by atoms with Gasteiger partial charge >= 0.3 is 0 Å². The Labute approximate surface area is 136 Å². The van der Waals surface area contributed by atoms with Crippen LogP contribution in [0.3, 0.4) is 0 Å². The van der Waals surface area contributed by atoms with E-state index in [1.807, 2.05) is 35.2 Å². The number of nitriles is 1. The van der Waals surface area contributed by atoms with E-state index in [9.17, 15) is 18.5 Å². The van der Waals surface area contributed by atoms with E-state index in [0.29, 0.717) is 19.6 Å². The molecular weight excluding hydrogens is 316 g/mol. The van der Waals surface area contributed by atoms with Gasteiger partial charge in [0.2, 0.25) is 15.9 Å². The summed E-state index contributed by atoms with van der Waals surface area (Å²) in [4.78, 5) is 15.5. The number of carbonyl (C=O) groups excluding carboxylic acids is 1. The van der Waals surface area contributed by atoms with Gasteiger partial charge in [-0.15, -0.1) is 0 Å². The lowest BCUT2D eigenvalue weighted by Crippen LogP contribution is -2.55. The largest absolute Gasteiger partial charge is 0.338 e. The Kier molecular flexibility index (Phi) is 5.71. The van der Waals surface area contributed by atoms with E-state index < -0.39 is 27.7 Å². The Morgan fingerprint density at radius 1 is 1.35 bits per heavy atom. The normalized spacial score (nSPS) is 19.3. The highest BCUT2D eigenvalue weighted by Gasteiger charge is 2.31. The summed E-state index contributed by atoms with van der Waals surface area (Å²) in [6, 6.07) is 11.6. The molecule has 124 valence electrons. The molecule has 0 saturated carbocycles. The average Bonchev–Trinajstić information content (AvgIpc) is 2.55. The summed E-state index contributed by atoms with van der Waals surface area (Å²) < 4.78 is 25.1. The van der Waals surface area contributed by atoms with Crippen LogP contribution in [0, 0.1) is 11.3 Å². The Balaban J connectivity index is 1.99. The molecule has 1 aromatic rings. The van der Waals surface area contributed by atoms with Crippen LogP contribution in [0.5, 0.6) is 0 Å². The summed E-state index contributed by atoms with van der Waals surface area (Å²) in [5.41, 5.74) is 1.10. The second-order valence-electron chi connectivity index (χ2n) is 5.40. The minimum Gasteiger partial charge on any atom is -0.338 e. The van der Waals surface area contributed by atoms with Crippen LogP contribution in [-0.4, -0.2) is 62.6 Å². The van der Waals surface area contributed by atoms with Crippen molar-refractivity contribution in [2.24, 2.45) is 0 Å². The van der Waals surface area contributed by atoms with Crippen molar-refractivity contribution in [1.82, 2.24) is 14.5 Å². The molecule has 0 radical (unpaired) electrons. The molecule has 1 heterocycles. The number of piperazine rings is 1. The molecule has 1 amide bonds. The van der Waals surface area contributed by atoms with Crippen LogP contribution < -0.4 is 4.72 Å². The van der Waals surface area contributed by atoms with Crippen LogP contribution in [-0.2, 0) is 21.4 Å². The van der Waals surface area contributed by atoms with Gasteiger partial charge in [0, 0.05) is 26.2 Å². The molecule has 1 aliphatic heterocycles. The zero-order chi connectivity index (χ0) is 16.9. The van der Waals surface area contributed by atoms with E-state index in [-0.39, 0.29) is 6.54 Å². The predicted molar refractivity (Wildman–Crippen MR) is 85.7 cm³/mol. The molecular formula is C15H20N4O3S. The summed E-state index contributed by atoms with van der Waals surface area (Å²) >= 11 is 0. The second kappa shape index (κ2) is 7.55. The van der Waals surface area contributed by atoms with Crippen molar-refractivity contribution in [2.75, 3.05) is 32.4 Å². The number of hydrogen-bond acceptors (Lipinski definition) is 5. The number of amides is 1. The molecule has 0 spiro atoms. The van der Waals surface area contributed by atoms with Gasteiger partial charge in [-0.2, -0.15) is 5.26 Å². The van der Waals surface area contributed by atoms with E-state index in [1.54, 1.807) is 0 Å². The van der Waals surface area contributed by atoms with Gasteiger partial charge in [0.25, 0.3) is 0 Å². The molecule has 1 saturated heterocycles. The van der Waals surface area contributed by atoms with Crippen molar-refractivity contribution in [2.45, 2.75) is 12.6 Å². The topological polar surface area (TPSA) is 93.5 Å². The molecule has 1 fully saturated rings. The van der Waals surface area contributed by atoms with Gasteiger partial charge in [0.05, 0.1) is 6.07 Å². The zero-order valence-corrected chi connectivity index (χ0v) is 13.8. The molecule has 8 heteroatoms. The molecule has 7 nitrogen and oxygen atoms in total. The number of benzene rings is 1. The first kappa shape index (κ1) is 17.4. The number of carbonyl (C=O) groups is 1. The van der Waals surface area contributed by atoms with Gasteiger partial charge in [-0.25, -0.2) is 13.1 Å². The van der Waals surface area contributed by atoms with Crippen LogP contribution in [0.15, 0.2) is 30.3 Å². The van der Waals surface area contributed by atoms with Gasteiger partial charge < -0.3 is 4.90 Å². The average molecular weight is 336 g/mol. The first-order valence-electron chi connectivity index (χ1n) is 7.32. The van der Waals surface area contributed by atoms with Crippen molar-refractivity contribution in [1.29, 1.82) is 5.26 Å². The lowest BCUT2D eigenvalue weighted by Gasteiger charge is -2.38. The summed E-state index contributed by atoms with van der Waals surface area (Å²) in [5.74, 6) is -1.06. The number of sulfonamides is 1. The lowest BCUT2D eigenvalue weighted by molar-refractivity contribution is -0.130. The van der Waals surface area contributed by atoms with Crippen LogP contribution in [0.25, 0.3) is 0 Å². The van der Waals surface area contributed by atoms with Gasteiger partial charge in [-0.3, -0.25) is 9.69 Å². The molecule has 1 N–H and O–H groups in total. The minimum absolute atomic E-state index is 0.224. The summed E-state index contributed by atoms with van der Waals surface area (Å²) in [7, 11) is -2.32. The quantitative estimate of drug-likeness (QED) is 0.802.